The molecule has 2 unspecified atom stereocenters. The first kappa shape index (κ1) is 14.7. The van der Waals surface area contributed by atoms with Crippen LogP contribution in [0.4, 0.5) is 5.82 Å². The lowest BCUT2D eigenvalue weighted by atomic mass is 9.99. The second kappa shape index (κ2) is 5.75. The van der Waals surface area contributed by atoms with Gasteiger partial charge in [0, 0.05) is 4.88 Å². The minimum Gasteiger partial charge on any atom is -0.480 e. The van der Waals surface area contributed by atoms with Crippen LogP contribution in [0.25, 0.3) is 10.2 Å². The maximum absolute atomic E-state index is 11.4. The number of carbonyl (C=O) groups is 1. The highest BCUT2D eigenvalue weighted by atomic mass is 32.1. The van der Waals surface area contributed by atoms with Gasteiger partial charge in [-0.25, -0.2) is 14.8 Å². The molecule has 2 aromatic rings. The first-order valence-electron chi connectivity index (χ1n) is 6.65. The van der Waals surface area contributed by atoms with Gasteiger partial charge in [0.25, 0.3) is 0 Å². The summed E-state index contributed by atoms with van der Waals surface area (Å²) in [4.78, 5) is 22.0. The summed E-state index contributed by atoms with van der Waals surface area (Å²) in [5.41, 5.74) is 1.11. The Hall–Kier alpha value is -1.69. The van der Waals surface area contributed by atoms with Gasteiger partial charge in [-0.2, -0.15) is 0 Å². The Morgan fingerprint density at radius 3 is 2.75 bits per heavy atom. The molecule has 0 bridgehead atoms. The maximum Gasteiger partial charge on any atom is 0.326 e. The number of nitrogens with zero attached hydrogens (tertiary/aromatic N) is 2. The van der Waals surface area contributed by atoms with Gasteiger partial charge in [-0.05, 0) is 25.3 Å². The summed E-state index contributed by atoms with van der Waals surface area (Å²) < 4.78 is 0. The van der Waals surface area contributed by atoms with Gasteiger partial charge in [0.15, 0.2) is 0 Å². The quantitative estimate of drug-likeness (QED) is 0.885. The molecular weight excluding hydrogens is 274 g/mol. The number of carboxylic acid groups (broad SMARTS) is 1. The van der Waals surface area contributed by atoms with Crippen LogP contribution < -0.4 is 5.32 Å². The largest absolute Gasteiger partial charge is 0.480 e. The lowest BCUT2D eigenvalue weighted by Crippen LogP contribution is -2.35. The molecule has 0 aliphatic heterocycles. The molecule has 0 saturated carbocycles. The number of nitrogens with one attached hydrogen (secondary N) is 1. The van der Waals surface area contributed by atoms with Crippen molar-refractivity contribution in [2.75, 3.05) is 5.32 Å². The van der Waals surface area contributed by atoms with E-state index in [0.29, 0.717) is 5.82 Å². The highest BCUT2D eigenvalue weighted by Crippen LogP contribution is 2.33. The summed E-state index contributed by atoms with van der Waals surface area (Å²) in [5.74, 6) is -0.210. The molecule has 0 aromatic carbocycles. The Bertz CT molecular complexity index is 639. The molecule has 2 N–H and O–H groups in total. The first-order chi connectivity index (χ1) is 9.45. The third-order valence-corrected chi connectivity index (χ3v) is 4.85. The normalized spacial score (nSPS) is 14.2. The van der Waals surface area contributed by atoms with E-state index < -0.39 is 12.0 Å². The second-order valence-corrected chi connectivity index (χ2v) is 6.23. The minimum atomic E-state index is -0.851. The molecular formula is C14H19N3O2S. The van der Waals surface area contributed by atoms with E-state index in [2.05, 4.69) is 15.3 Å². The Kier molecular flexibility index (Phi) is 4.23. The smallest absolute Gasteiger partial charge is 0.326 e. The first-order valence-corrected chi connectivity index (χ1v) is 7.47. The molecule has 5 nitrogen and oxygen atoms in total. The Labute approximate surface area is 122 Å². The van der Waals surface area contributed by atoms with Crippen LogP contribution in [-0.4, -0.2) is 27.1 Å². The van der Waals surface area contributed by atoms with Gasteiger partial charge in [0.05, 0.1) is 5.39 Å². The number of aromatic nitrogens is 2. The second-order valence-electron chi connectivity index (χ2n) is 5.03. The van der Waals surface area contributed by atoms with E-state index >= 15 is 0 Å². The third kappa shape index (κ3) is 2.60. The number of thiophene rings is 1. The molecule has 2 atom stereocenters. The van der Waals surface area contributed by atoms with Gasteiger partial charge in [0.1, 0.15) is 23.0 Å². The number of fused-ring (bicyclic) bond motifs is 1. The molecule has 0 amide bonds. The highest BCUT2D eigenvalue weighted by molar-refractivity contribution is 7.18. The van der Waals surface area contributed by atoms with E-state index in [9.17, 15) is 9.90 Å². The summed E-state index contributed by atoms with van der Waals surface area (Å²) in [6.07, 6.45) is 2.27. The standard InChI is InChI=1S/C14H19N3O2S/c1-5-7(2)11(14(18)19)17-12-10-8(3)9(4)20-13(10)16-6-15-12/h6-7,11H,5H2,1-4H3,(H,18,19)(H,15,16,17). The van der Waals surface area contributed by atoms with Crippen molar-refractivity contribution in [3.05, 3.63) is 16.8 Å². The van der Waals surface area contributed by atoms with E-state index in [1.54, 1.807) is 11.3 Å². The maximum atomic E-state index is 11.4. The van der Waals surface area contributed by atoms with Gasteiger partial charge in [0.2, 0.25) is 0 Å². The van der Waals surface area contributed by atoms with Crippen LogP contribution >= 0.6 is 11.3 Å². The van der Waals surface area contributed by atoms with Crippen molar-refractivity contribution in [2.24, 2.45) is 5.92 Å². The molecule has 2 heterocycles. The van der Waals surface area contributed by atoms with Crippen LogP contribution in [0.2, 0.25) is 0 Å². The third-order valence-electron chi connectivity index (χ3n) is 3.74. The molecule has 6 heteroatoms. The molecule has 0 radical (unpaired) electrons. The highest BCUT2D eigenvalue weighted by Gasteiger charge is 2.25. The van der Waals surface area contributed by atoms with E-state index in [-0.39, 0.29) is 5.92 Å². The summed E-state index contributed by atoms with van der Waals surface area (Å²) in [6, 6.07) is -0.641. The predicted octanol–water partition coefficient (Wildman–Crippen LogP) is 3.22. The average Bonchev–Trinajstić information content (AvgIpc) is 2.71. The van der Waals surface area contributed by atoms with Crippen LogP contribution in [0.5, 0.6) is 0 Å². The van der Waals surface area contributed by atoms with Gasteiger partial charge in [-0.3, -0.25) is 0 Å². The van der Waals surface area contributed by atoms with Gasteiger partial charge < -0.3 is 10.4 Å². The molecule has 0 spiro atoms. The summed E-state index contributed by atoms with van der Waals surface area (Å²) in [6.45, 7) is 7.96. The van der Waals surface area contributed by atoms with E-state index in [1.165, 1.54) is 11.2 Å². The van der Waals surface area contributed by atoms with E-state index in [1.807, 2.05) is 27.7 Å². The zero-order valence-corrected chi connectivity index (χ0v) is 12.9. The molecule has 0 fully saturated rings. The van der Waals surface area contributed by atoms with Gasteiger partial charge in [-0.1, -0.05) is 20.3 Å². The van der Waals surface area contributed by atoms with Crippen molar-refractivity contribution in [1.29, 1.82) is 0 Å². The topological polar surface area (TPSA) is 75.1 Å². The number of rotatable bonds is 5. The lowest BCUT2D eigenvalue weighted by Gasteiger charge is -2.21. The number of carboxylic acids is 1. The van der Waals surface area contributed by atoms with E-state index in [4.69, 9.17) is 0 Å². The predicted molar refractivity (Wildman–Crippen MR) is 81.4 cm³/mol. The number of anilines is 1. The number of hydrogen-bond donors (Lipinski definition) is 2. The van der Waals surface area contributed by atoms with Crippen molar-refractivity contribution in [1.82, 2.24) is 9.97 Å². The van der Waals surface area contributed by atoms with Crippen molar-refractivity contribution in [3.63, 3.8) is 0 Å². The fraction of sp³-hybridized carbons (Fsp3) is 0.500. The zero-order valence-electron chi connectivity index (χ0n) is 12.1. The van der Waals surface area contributed by atoms with Crippen molar-refractivity contribution >= 4 is 33.3 Å². The van der Waals surface area contributed by atoms with Crippen LogP contribution in [0.3, 0.4) is 0 Å². The number of hydrogen-bond acceptors (Lipinski definition) is 5. The van der Waals surface area contributed by atoms with Gasteiger partial charge >= 0.3 is 5.97 Å². The molecule has 0 aliphatic rings. The van der Waals surface area contributed by atoms with Crippen molar-refractivity contribution in [2.45, 2.75) is 40.2 Å². The van der Waals surface area contributed by atoms with E-state index in [0.717, 1.165) is 22.2 Å². The molecule has 0 saturated heterocycles. The minimum absolute atomic E-state index is 0.0255. The number of aliphatic carboxylic acids is 1. The van der Waals surface area contributed by atoms with Crippen LogP contribution in [0, 0.1) is 19.8 Å². The Morgan fingerprint density at radius 2 is 2.15 bits per heavy atom. The molecule has 0 aliphatic carbocycles. The van der Waals surface area contributed by atoms with Crippen LogP contribution in [0.15, 0.2) is 6.33 Å². The number of aryl methyl sites for hydroxylation is 2. The lowest BCUT2D eigenvalue weighted by molar-refractivity contribution is -0.139. The summed E-state index contributed by atoms with van der Waals surface area (Å²) in [5, 5.41) is 13.4. The zero-order chi connectivity index (χ0) is 14.9. The summed E-state index contributed by atoms with van der Waals surface area (Å²) >= 11 is 1.60. The molecule has 2 rings (SSSR count). The molecule has 20 heavy (non-hydrogen) atoms. The fourth-order valence-corrected chi connectivity index (χ4v) is 3.12. The van der Waals surface area contributed by atoms with Crippen molar-refractivity contribution < 1.29 is 9.90 Å². The monoisotopic (exact) mass is 293 g/mol. The van der Waals surface area contributed by atoms with Gasteiger partial charge in [-0.15, -0.1) is 11.3 Å². The average molecular weight is 293 g/mol. The van der Waals surface area contributed by atoms with Crippen LogP contribution in [-0.2, 0) is 4.79 Å². The summed E-state index contributed by atoms with van der Waals surface area (Å²) in [7, 11) is 0. The van der Waals surface area contributed by atoms with Crippen LogP contribution in [0.1, 0.15) is 30.7 Å². The molecule has 2 aromatic heterocycles. The molecule has 108 valence electrons. The SMILES string of the molecule is CCC(C)C(Nc1ncnc2sc(C)c(C)c12)C(=O)O. The van der Waals surface area contributed by atoms with Crippen molar-refractivity contribution in [3.8, 4) is 0 Å². The Morgan fingerprint density at radius 1 is 1.45 bits per heavy atom. The Balaban J connectivity index is 2.45. The fourth-order valence-electron chi connectivity index (χ4n) is 2.12.